The Labute approximate surface area is 118 Å². The lowest BCUT2D eigenvalue weighted by molar-refractivity contribution is -0.127. The number of anilines is 1. The zero-order chi connectivity index (χ0) is 14.5. The fourth-order valence-corrected chi connectivity index (χ4v) is 2.32. The highest BCUT2D eigenvalue weighted by Gasteiger charge is 2.24. The van der Waals surface area contributed by atoms with Crippen LogP contribution < -0.4 is 10.1 Å². The van der Waals surface area contributed by atoms with E-state index in [1.165, 1.54) is 0 Å². The molecule has 1 heterocycles. The van der Waals surface area contributed by atoms with Crippen molar-refractivity contribution in [3.8, 4) is 5.75 Å². The molecule has 108 valence electrons. The molecule has 0 aromatic heterocycles. The van der Waals surface area contributed by atoms with Gasteiger partial charge in [-0.1, -0.05) is 6.92 Å². The van der Waals surface area contributed by atoms with E-state index in [0.717, 1.165) is 11.4 Å². The first-order valence-corrected chi connectivity index (χ1v) is 6.77. The maximum atomic E-state index is 12.0. The Morgan fingerprint density at radius 1 is 1.40 bits per heavy atom. The van der Waals surface area contributed by atoms with E-state index in [0.29, 0.717) is 26.1 Å². The van der Waals surface area contributed by atoms with Gasteiger partial charge in [-0.2, -0.15) is 0 Å². The Morgan fingerprint density at radius 3 is 2.70 bits per heavy atom. The maximum Gasteiger partial charge on any atom is 0.238 e. The van der Waals surface area contributed by atoms with E-state index >= 15 is 0 Å². The fraction of sp³-hybridized carbons (Fsp3) is 0.467. The number of nitrogens with one attached hydrogen (secondary N) is 1. The van der Waals surface area contributed by atoms with Gasteiger partial charge < -0.3 is 10.1 Å². The van der Waals surface area contributed by atoms with E-state index in [1.54, 1.807) is 31.4 Å². The number of ether oxygens (including phenoxy) is 1. The van der Waals surface area contributed by atoms with Gasteiger partial charge >= 0.3 is 0 Å². The number of ketones is 1. The Bertz CT molecular complexity index is 484. The number of amides is 1. The SMILES string of the molecule is COc1ccc(NC(=O)CN2CCC(=O)C(C)C2)cc1. The lowest BCUT2D eigenvalue weighted by Gasteiger charge is -2.29. The van der Waals surface area contributed by atoms with Crippen molar-refractivity contribution in [1.29, 1.82) is 0 Å². The van der Waals surface area contributed by atoms with Crippen molar-refractivity contribution < 1.29 is 14.3 Å². The predicted octanol–water partition coefficient (Wildman–Crippen LogP) is 1.54. The second kappa shape index (κ2) is 6.52. The van der Waals surface area contributed by atoms with E-state index in [9.17, 15) is 9.59 Å². The largest absolute Gasteiger partial charge is 0.497 e. The fourth-order valence-electron chi connectivity index (χ4n) is 2.32. The van der Waals surface area contributed by atoms with Crippen LogP contribution in [0.4, 0.5) is 5.69 Å². The molecule has 1 amide bonds. The number of carbonyl (C=O) groups excluding carboxylic acids is 2. The summed E-state index contributed by atoms with van der Waals surface area (Å²) in [5.74, 6) is 1.01. The van der Waals surface area contributed by atoms with Crippen molar-refractivity contribution in [2.75, 3.05) is 32.1 Å². The molecule has 0 bridgehead atoms. The van der Waals surface area contributed by atoms with Gasteiger partial charge in [-0.25, -0.2) is 0 Å². The number of nitrogens with zero attached hydrogens (tertiary/aromatic N) is 1. The van der Waals surface area contributed by atoms with Gasteiger partial charge in [-0.3, -0.25) is 14.5 Å². The molecule has 0 aliphatic carbocycles. The summed E-state index contributed by atoms with van der Waals surface area (Å²) in [4.78, 5) is 25.4. The first kappa shape index (κ1) is 14.5. The van der Waals surface area contributed by atoms with E-state index < -0.39 is 0 Å². The van der Waals surface area contributed by atoms with Gasteiger partial charge in [0.2, 0.25) is 5.91 Å². The lowest BCUT2D eigenvalue weighted by atomic mass is 9.99. The average Bonchev–Trinajstić information content (AvgIpc) is 2.44. The number of methoxy groups -OCH3 is 1. The molecule has 1 saturated heterocycles. The zero-order valence-corrected chi connectivity index (χ0v) is 11.9. The molecule has 0 saturated carbocycles. The molecule has 1 aliphatic heterocycles. The average molecular weight is 276 g/mol. The second-order valence-corrected chi connectivity index (χ2v) is 5.13. The molecule has 2 rings (SSSR count). The van der Waals surface area contributed by atoms with Crippen LogP contribution >= 0.6 is 0 Å². The summed E-state index contributed by atoms with van der Waals surface area (Å²) in [6, 6.07) is 7.21. The van der Waals surface area contributed by atoms with Crippen LogP contribution in [0.5, 0.6) is 5.75 Å². The highest BCUT2D eigenvalue weighted by Crippen LogP contribution is 2.15. The number of piperidine rings is 1. The van der Waals surface area contributed by atoms with E-state index in [-0.39, 0.29) is 17.6 Å². The smallest absolute Gasteiger partial charge is 0.238 e. The number of Topliss-reactive ketones (excluding diaryl/α,β-unsaturated/α-hetero) is 1. The first-order valence-electron chi connectivity index (χ1n) is 6.77. The molecule has 1 aliphatic rings. The summed E-state index contributed by atoms with van der Waals surface area (Å²) in [7, 11) is 1.60. The van der Waals surface area contributed by atoms with Crippen molar-refractivity contribution in [1.82, 2.24) is 4.90 Å². The summed E-state index contributed by atoms with van der Waals surface area (Å²) in [5.41, 5.74) is 0.747. The predicted molar refractivity (Wildman–Crippen MR) is 76.9 cm³/mol. The monoisotopic (exact) mass is 276 g/mol. The van der Waals surface area contributed by atoms with Crippen LogP contribution in [0.2, 0.25) is 0 Å². The van der Waals surface area contributed by atoms with Crippen LogP contribution in [0, 0.1) is 5.92 Å². The number of hydrogen-bond donors (Lipinski definition) is 1. The first-order chi connectivity index (χ1) is 9.58. The van der Waals surface area contributed by atoms with Crippen LogP contribution in [-0.2, 0) is 9.59 Å². The molecule has 5 nitrogen and oxygen atoms in total. The minimum atomic E-state index is -0.0586. The third kappa shape index (κ3) is 3.81. The normalized spacial score (nSPS) is 19.7. The Hall–Kier alpha value is -1.88. The van der Waals surface area contributed by atoms with Crippen molar-refractivity contribution in [2.24, 2.45) is 5.92 Å². The molecule has 1 aromatic carbocycles. The van der Waals surface area contributed by atoms with Crippen molar-refractivity contribution in [2.45, 2.75) is 13.3 Å². The molecule has 1 atom stereocenters. The second-order valence-electron chi connectivity index (χ2n) is 5.13. The summed E-state index contributed by atoms with van der Waals surface area (Å²) in [5, 5.41) is 2.85. The molecule has 1 fully saturated rings. The van der Waals surface area contributed by atoms with Crippen LogP contribution in [-0.4, -0.2) is 43.3 Å². The van der Waals surface area contributed by atoms with Gasteiger partial charge in [0.25, 0.3) is 0 Å². The van der Waals surface area contributed by atoms with Gasteiger partial charge in [0.15, 0.2) is 0 Å². The van der Waals surface area contributed by atoms with E-state index in [2.05, 4.69) is 5.32 Å². The highest BCUT2D eigenvalue weighted by atomic mass is 16.5. The standard InChI is InChI=1S/C15H20N2O3/c1-11-9-17(8-7-14(11)18)10-15(19)16-12-3-5-13(20-2)6-4-12/h3-6,11H,7-10H2,1-2H3,(H,16,19). The quantitative estimate of drug-likeness (QED) is 0.906. The van der Waals surface area contributed by atoms with Gasteiger partial charge in [-0.15, -0.1) is 0 Å². The number of rotatable bonds is 4. The molecule has 0 spiro atoms. The summed E-state index contributed by atoms with van der Waals surface area (Å²) in [6.45, 7) is 3.56. The minimum Gasteiger partial charge on any atom is -0.497 e. The Morgan fingerprint density at radius 2 is 2.10 bits per heavy atom. The summed E-state index contributed by atoms with van der Waals surface area (Å²) in [6.07, 6.45) is 0.539. The van der Waals surface area contributed by atoms with Gasteiger partial charge in [-0.05, 0) is 24.3 Å². The maximum absolute atomic E-state index is 12.0. The molecule has 1 aromatic rings. The minimum absolute atomic E-state index is 0.0255. The van der Waals surface area contributed by atoms with Gasteiger partial charge in [0.05, 0.1) is 13.7 Å². The van der Waals surface area contributed by atoms with E-state index in [4.69, 9.17) is 4.74 Å². The molecule has 0 radical (unpaired) electrons. The number of carbonyl (C=O) groups is 2. The number of hydrogen-bond acceptors (Lipinski definition) is 4. The molecule has 5 heteroatoms. The van der Waals surface area contributed by atoms with Crippen LogP contribution in [0.25, 0.3) is 0 Å². The Balaban J connectivity index is 1.84. The molecular formula is C15H20N2O3. The van der Waals surface area contributed by atoms with Crippen LogP contribution in [0.1, 0.15) is 13.3 Å². The van der Waals surface area contributed by atoms with Crippen LogP contribution in [0.15, 0.2) is 24.3 Å². The van der Waals surface area contributed by atoms with Gasteiger partial charge in [0, 0.05) is 31.1 Å². The number of likely N-dealkylation sites (tertiary alicyclic amines) is 1. The third-order valence-electron chi connectivity index (χ3n) is 3.50. The van der Waals surface area contributed by atoms with Crippen LogP contribution in [0.3, 0.4) is 0 Å². The highest BCUT2D eigenvalue weighted by molar-refractivity contribution is 5.92. The lowest BCUT2D eigenvalue weighted by Crippen LogP contribution is -2.43. The van der Waals surface area contributed by atoms with Gasteiger partial charge in [0.1, 0.15) is 11.5 Å². The molecule has 1 unspecified atom stereocenters. The van der Waals surface area contributed by atoms with Crippen molar-refractivity contribution in [3.05, 3.63) is 24.3 Å². The molecular weight excluding hydrogens is 256 g/mol. The molecule has 20 heavy (non-hydrogen) atoms. The zero-order valence-electron chi connectivity index (χ0n) is 11.9. The molecule has 1 N–H and O–H groups in total. The summed E-state index contributed by atoms with van der Waals surface area (Å²) < 4.78 is 5.06. The topological polar surface area (TPSA) is 58.6 Å². The van der Waals surface area contributed by atoms with E-state index in [1.807, 2.05) is 11.8 Å². The van der Waals surface area contributed by atoms with Crippen molar-refractivity contribution >= 4 is 17.4 Å². The third-order valence-corrected chi connectivity index (χ3v) is 3.50. The summed E-state index contributed by atoms with van der Waals surface area (Å²) >= 11 is 0. The Kier molecular flexibility index (Phi) is 4.74. The van der Waals surface area contributed by atoms with Crippen molar-refractivity contribution in [3.63, 3.8) is 0 Å². The number of benzene rings is 1.